The fourth-order valence-corrected chi connectivity index (χ4v) is 5.99. The second kappa shape index (κ2) is 10.4. The molecule has 1 heterocycles. The molecule has 0 radical (unpaired) electrons. The molecule has 10 heteroatoms. The number of carboxylic acid groups (broad SMARTS) is 2. The number of halogens is 1. The molecule has 0 fully saturated rings. The quantitative estimate of drug-likeness (QED) is 0.433. The molecular weight excluding hydrogens is 569 g/mol. The van der Waals surface area contributed by atoms with Gasteiger partial charge in [-0.3, -0.25) is 14.4 Å². The van der Waals surface area contributed by atoms with Crippen molar-refractivity contribution in [3.63, 3.8) is 0 Å². The highest BCUT2D eigenvalue weighted by atomic mass is 127. The van der Waals surface area contributed by atoms with Crippen LogP contribution in [-0.4, -0.2) is 58.9 Å². The Morgan fingerprint density at radius 3 is 2.11 bits per heavy atom. The van der Waals surface area contributed by atoms with E-state index < -0.39 is 24.5 Å². The van der Waals surface area contributed by atoms with Crippen LogP contribution in [0.3, 0.4) is 0 Å². The minimum atomic E-state index is -1.12. The molecule has 0 saturated heterocycles. The molecule has 2 N–H and O–H groups in total. The van der Waals surface area contributed by atoms with E-state index in [0.717, 1.165) is 11.4 Å². The molecule has 1 aromatic rings. The molecule has 4 rings (SSSR count). The van der Waals surface area contributed by atoms with Crippen LogP contribution in [0, 0.1) is 3.57 Å². The first-order chi connectivity index (χ1) is 16.7. The number of carbonyl (C=O) groups excluding carboxylic acids is 2. The smallest absolute Gasteiger partial charge is 0.341 e. The van der Waals surface area contributed by atoms with E-state index in [0.29, 0.717) is 64.6 Å². The third-order valence-electron chi connectivity index (χ3n) is 6.56. The molecule has 3 aliphatic rings. The van der Waals surface area contributed by atoms with Gasteiger partial charge in [-0.25, -0.2) is 4.79 Å². The first-order valence-corrected chi connectivity index (χ1v) is 12.5. The van der Waals surface area contributed by atoms with Crippen molar-refractivity contribution >= 4 is 46.1 Å². The second-order valence-electron chi connectivity index (χ2n) is 8.72. The number of carbonyl (C=O) groups is 4. The van der Waals surface area contributed by atoms with Crippen LogP contribution in [0.1, 0.15) is 56.4 Å². The van der Waals surface area contributed by atoms with Gasteiger partial charge in [-0.1, -0.05) is 0 Å². The Kier molecular flexibility index (Phi) is 7.48. The van der Waals surface area contributed by atoms with Crippen molar-refractivity contribution in [1.82, 2.24) is 4.90 Å². The van der Waals surface area contributed by atoms with E-state index >= 15 is 0 Å². The van der Waals surface area contributed by atoms with Gasteiger partial charge in [0, 0.05) is 47.8 Å². The zero-order valence-corrected chi connectivity index (χ0v) is 21.4. The summed E-state index contributed by atoms with van der Waals surface area (Å²) in [7, 11) is 1.45. The maximum absolute atomic E-state index is 13.3. The Labute approximate surface area is 215 Å². The van der Waals surface area contributed by atoms with Gasteiger partial charge in [0.05, 0.1) is 17.1 Å². The van der Waals surface area contributed by atoms with Crippen LogP contribution in [0.5, 0.6) is 11.5 Å². The lowest BCUT2D eigenvalue weighted by molar-refractivity contribution is -0.139. The number of Topliss-reactive ketones (excluding diaryl/α,β-unsaturated/α-hetero) is 2. The lowest BCUT2D eigenvalue weighted by atomic mass is 9.71. The molecule has 0 aromatic heterocycles. The summed E-state index contributed by atoms with van der Waals surface area (Å²) in [5.74, 6) is -2.12. The first kappa shape index (κ1) is 25.2. The lowest BCUT2D eigenvalue weighted by Crippen LogP contribution is -2.40. The topological polar surface area (TPSA) is 130 Å². The minimum Gasteiger partial charge on any atom is -0.493 e. The summed E-state index contributed by atoms with van der Waals surface area (Å²) in [6, 6.07) is 3.51. The van der Waals surface area contributed by atoms with Gasteiger partial charge in [-0.05, 0) is 66.0 Å². The summed E-state index contributed by atoms with van der Waals surface area (Å²) in [4.78, 5) is 50.9. The third-order valence-corrected chi connectivity index (χ3v) is 7.36. The average Bonchev–Trinajstić information content (AvgIpc) is 2.81. The van der Waals surface area contributed by atoms with Gasteiger partial charge in [0.15, 0.2) is 29.7 Å². The van der Waals surface area contributed by atoms with Crippen LogP contribution >= 0.6 is 22.6 Å². The van der Waals surface area contributed by atoms with Crippen molar-refractivity contribution in [3.05, 3.63) is 43.8 Å². The number of hydrogen-bond acceptors (Lipinski definition) is 7. The van der Waals surface area contributed by atoms with Crippen LogP contribution in [0.4, 0.5) is 0 Å². The highest BCUT2D eigenvalue weighted by Crippen LogP contribution is 2.50. The van der Waals surface area contributed by atoms with Crippen LogP contribution < -0.4 is 9.47 Å². The number of allylic oxidation sites excluding steroid dienone is 4. The second-order valence-corrected chi connectivity index (χ2v) is 9.88. The van der Waals surface area contributed by atoms with Gasteiger partial charge in [0.1, 0.15) is 0 Å². The maximum Gasteiger partial charge on any atom is 0.341 e. The molecule has 0 atom stereocenters. The van der Waals surface area contributed by atoms with Crippen LogP contribution in [0.25, 0.3) is 0 Å². The Morgan fingerprint density at radius 1 is 1.00 bits per heavy atom. The standard InChI is InChI=1S/C25H26INO8/c1-34-19-11-13(10-14(26)25(19)35-12-21(32)33)22-23-15(4-2-6-17(23)28)27(9-8-20(30)31)16-5-3-7-18(29)24(16)22/h10-11,22H,2-9,12H2,1H3,(H,30,31)(H,32,33). The summed E-state index contributed by atoms with van der Waals surface area (Å²) >= 11 is 2.03. The summed E-state index contributed by atoms with van der Waals surface area (Å²) < 4.78 is 11.5. The molecule has 0 spiro atoms. The molecule has 0 unspecified atom stereocenters. The summed E-state index contributed by atoms with van der Waals surface area (Å²) in [5.41, 5.74) is 3.40. The number of ether oxygens (including phenoxy) is 2. The van der Waals surface area contributed by atoms with Gasteiger partial charge in [0.25, 0.3) is 0 Å². The average molecular weight is 595 g/mol. The summed E-state index contributed by atoms with van der Waals surface area (Å²) in [6.07, 6.45) is 3.26. The predicted molar refractivity (Wildman–Crippen MR) is 132 cm³/mol. The number of nitrogens with zero attached hydrogens (tertiary/aromatic N) is 1. The molecule has 0 amide bonds. The number of hydrogen-bond donors (Lipinski definition) is 2. The highest BCUT2D eigenvalue weighted by Gasteiger charge is 2.43. The Bertz CT molecular complexity index is 1120. The fraction of sp³-hybridized carbons (Fsp3) is 0.440. The van der Waals surface area contributed by atoms with Crippen molar-refractivity contribution < 1.29 is 38.9 Å². The zero-order valence-electron chi connectivity index (χ0n) is 19.3. The number of carboxylic acids is 2. The predicted octanol–water partition coefficient (Wildman–Crippen LogP) is 3.65. The van der Waals surface area contributed by atoms with Crippen LogP contribution in [-0.2, 0) is 19.2 Å². The highest BCUT2D eigenvalue weighted by molar-refractivity contribution is 14.1. The molecule has 35 heavy (non-hydrogen) atoms. The number of ketones is 2. The number of rotatable bonds is 8. The van der Waals surface area contributed by atoms with Crippen LogP contribution in [0.15, 0.2) is 34.7 Å². The molecule has 2 aliphatic carbocycles. The largest absolute Gasteiger partial charge is 0.493 e. The summed E-state index contributed by atoms with van der Waals surface area (Å²) in [5, 5.41) is 18.3. The number of benzene rings is 1. The first-order valence-electron chi connectivity index (χ1n) is 11.5. The van der Waals surface area contributed by atoms with Gasteiger partial charge < -0.3 is 24.6 Å². The molecule has 186 valence electrons. The molecule has 0 saturated carbocycles. The van der Waals surface area contributed by atoms with Crippen molar-refractivity contribution in [2.75, 3.05) is 20.3 Å². The van der Waals surface area contributed by atoms with E-state index in [2.05, 4.69) is 0 Å². The molecule has 0 bridgehead atoms. The third kappa shape index (κ3) is 4.93. The SMILES string of the molecule is COc1cc(C2C3=C(CCCC3=O)N(CCC(=O)O)C3=C2C(=O)CCC3)cc(I)c1OCC(=O)O. The molecule has 1 aromatic carbocycles. The van der Waals surface area contributed by atoms with E-state index in [1.807, 2.05) is 27.5 Å². The van der Waals surface area contributed by atoms with Gasteiger partial charge in [0.2, 0.25) is 0 Å². The lowest BCUT2D eigenvalue weighted by Gasteiger charge is -2.44. The summed E-state index contributed by atoms with van der Waals surface area (Å²) in [6.45, 7) is -0.321. The van der Waals surface area contributed by atoms with E-state index in [1.165, 1.54) is 7.11 Å². The van der Waals surface area contributed by atoms with Gasteiger partial charge >= 0.3 is 11.9 Å². The van der Waals surface area contributed by atoms with Crippen LogP contribution in [0.2, 0.25) is 0 Å². The van der Waals surface area contributed by atoms with Gasteiger partial charge in [-0.2, -0.15) is 0 Å². The normalized spacial score (nSPS) is 18.4. The molecule has 1 aliphatic heterocycles. The number of aliphatic carboxylic acids is 2. The zero-order chi connectivity index (χ0) is 25.3. The van der Waals surface area contributed by atoms with E-state index in [-0.39, 0.29) is 30.3 Å². The Balaban J connectivity index is 1.89. The van der Waals surface area contributed by atoms with Gasteiger partial charge in [-0.15, -0.1) is 0 Å². The van der Waals surface area contributed by atoms with E-state index in [1.54, 1.807) is 12.1 Å². The van der Waals surface area contributed by atoms with Crippen molar-refractivity contribution in [1.29, 1.82) is 0 Å². The molecular formula is C25H26INO8. The minimum absolute atomic E-state index is 0.0401. The monoisotopic (exact) mass is 595 g/mol. The molecule has 9 nitrogen and oxygen atoms in total. The number of methoxy groups -OCH3 is 1. The fourth-order valence-electron chi connectivity index (χ4n) is 5.21. The Hall–Kier alpha value is -2.89. The van der Waals surface area contributed by atoms with Crippen molar-refractivity contribution in [2.24, 2.45) is 0 Å². The van der Waals surface area contributed by atoms with E-state index in [4.69, 9.17) is 14.6 Å². The maximum atomic E-state index is 13.3. The van der Waals surface area contributed by atoms with Crippen molar-refractivity contribution in [2.45, 2.75) is 50.9 Å². The van der Waals surface area contributed by atoms with E-state index in [9.17, 15) is 24.3 Å². The van der Waals surface area contributed by atoms with Crippen molar-refractivity contribution in [3.8, 4) is 11.5 Å². The Morgan fingerprint density at radius 2 is 1.60 bits per heavy atom.